The number of alkyl halides is 3. The lowest BCUT2D eigenvalue weighted by Crippen LogP contribution is -2.24. The van der Waals surface area contributed by atoms with Gasteiger partial charge in [0.1, 0.15) is 32.0 Å². The van der Waals surface area contributed by atoms with Gasteiger partial charge in [-0.15, -0.1) is 0 Å². The van der Waals surface area contributed by atoms with Crippen molar-refractivity contribution in [2.45, 2.75) is 90.9 Å². The van der Waals surface area contributed by atoms with E-state index in [-0.39, 0.29) is 19.8 Å². The van der Waals surface area contributed by atoms with Gasteiger partial charge in [-0.05, 0) is 32.6 Å². The largest absolute Gasteiger partial charge is 0.460 e. The number of carbonyl (C=O) groups excluding carboxylic acids is 4. The predicted octanol–water partition coefficient (Wildman–Crippen LogP) is 3.57. The molecule has 0 aromatic carbocycles. The van der Waals surface area contributed by atoms with Crippen LogP contribution in [0.5, 0.6) is 0 Å². The zero-order chi connectivity index (χ0) is 37.0. The molecule has 0 aliphatic carbocycles. The van der Waals surface area contributed by atoms with Gasteiger partial charge in [0.15, 0.2) is 0 Å². The van der Waals surface area contributed by atoms with Crippen molar-refractivity contribution in [3.63, 3.8) is 0 Å². The van der Waals surface area contributed by atoms with Crippen LogP contribution in [0.3, 0.4) is 0 Å². The average Bonchev–Trinajstić information content (AvgIpc) is 3.02. The summed E-state index contributed by atoms with van der Waals surface area (Å²) in [6, 6.07) is 0. The summed E-state index contributed by atoms with van der Waals surface area (Å²) < 4.78 is 65.1. The number of carbonyl (C=O) groups is 4. The number of hydrogen-bond acceptors (Lipinski definition) is 12. The van der Waals surface area contributed by atoms with E-state index in [0.29, 0.717) is 31.3 Å². The van der Waals surface area contributed by atoms with Gasteiger partial charge in [0.25, 0.3) is 0 Å². The Hall–Kier alpha value is -3.60. The van der Waals surface area contributed by atoms with E-state index >= 15 is 0 Å². The first kappa shape index (κ1) is 49.3. The molecule has 0 bridgehead atoms. The van der Waals surface area contributed by atoms with Crippen LogP contribution < -0.4 is 0 Å². The summed E-state index contributed by atoms with van der Waals surface area (Å²) in [4.78, 5) is 42.1. The van der Waals surface area contributed by atoms with E-state index in [1.807, 2.05) is 13.8 Å². The normalized spacial score (nSPS) is 12.6. The molecule has 0 heterocycles. The molecule has 0 aliphatic rings. The van der Waals surface area contributed by atoms with E-state index in [2.05, 4.69) is 45.3 Å². The zero-order valence-electron chi connectivity index (χ0n) is 26.9. The van der Waals surface area contributed by atoms with Crippen molar-refractivity contribution in [2.24, 2.45) is 0 Å². The maximum absolute atomic E-state index is 11.9. The highest BCUT2D eigenvalue weighted by molar-refractivity contribution is 5.89. The molecular formula is C30H48F4O12. The van der Waals surface area contributed by atoms with Crippen molar-refractivity contribution in [3.05, 3.63) is 49.4 Å². The SMILES string of the molecule is C=C(C(=O)OCC(O)CC)C(F)(F)F.C=C(C)C(=O)OCC(O)CC.C=C(F)C(=O)OCC(O)CC.C=CC(=O)OCC(O)CC. The smallest absolute Gasteiger partial charge is 0.422 e. The highest BCUT2D eigenvalue weighted by Crippen LogP contribution is 2.24. The molecule has 0 amide bonds. The molecule has 0 rings (SSSR count). The first-order valence-corrected chi connectivity index (χ1v) is 13.9. The van der Waals surface area contributed by atoms with Crippen LogP contribution in [0.4, 0.5) is 17.6 Å². The predicted molar refractivity (Wildman–Crippen MR) is 159 cm³/mol. The summed E-state index contributed by atoms with van der Waals surface area (Å²) >= 11 is 0. The fraction of sp³-hybridized carbons (Fsp3) is 0.600. The molecule has 16 heteroatoms. The van der Waals surface area contributed by atoms with Crippen molar-refractivity contribution in [2.75, 3.05) is 26.4 Å². The van der Waals surface area contributed by atoms with Crippen molar-refractivity contribution in [1.29, 1.82) is 0 Å². The van der Waals surface area contributed by atoms with Crippen molar-refractivity contribution < 1.29 is 76.1 Å². The molecule has 4 atom stereocenters. The van der Waals surface area contributed by atoms with Gasteiger partial charge in [-0.3, -0.25) is 0 Å². The van der Waals surface area contributed by atoms with Gasteiger partial charge in [0, 0.05) is 11.6 Å². The van der Waals surface area contributed by atoms with E-state index in [1.165, 1.54) is 0 Å². The number of hydrogen-bond donors (Lipinski definition) is 4. The minimum absolute atomic E-state index is 0.0569. The van der Waals surface area contributed by atoms with Crippen molar-refractivity contribution in [1.82, 2.24) is 0 Å². The summed E-state index contributed by atoms with van der Waals surface area (Å²) in [5.74, 6) is -4.75. The fourth-order valence-electron chi connectivity index (χ4n) is 1.63. The van der Waals surface area contributed by atoms with Crippen LogP contribution in [0.15, 0.2) is 49.4 Å². The van der Waals surface area contributed by atoms with E-state index in [1.54, 1.807) is 20.8 Å². The second kappa shape index (κ2) is 28.8. The molecule has 4 unspecified atom stereocenters. The Bertz CT molecular complexity index is 915. The summed E-state index contributed by atoms with van der Waals surface area (Å²) in [7, 11) is 0. The second-order valence-corrected chi connectivity index (χ2v) is 9.04. The lowest BCUT2D eigenvalue weighted by Gasteiger charge is -2.11. The Morgan fingerprint density at radius 1 is 0.652 bits per heavy atom. The molecular weight excluding hydrogens is 628 g/mol. The van der Waals surface area contributed by atoms with Crippen LogP contribution in [0.1, 0.15) is 60.3 Å². The Morgan fingerprint density at radius 2 is 0.957 bits per heavy atom. The highest BCUT2D eigenvalue weighted by Gasteiger charge is 2.38. The van der Waals surface area contributed by atoms with Gasteiger partial charge in [0.2, 0.25) is 5.83 Å². The molecule has 268 valence electrons. The Morgan fingerprint density at radius 3 is 1.22 bits per heavy atom. The van der Waals surface area contributed by atoms with Gasteiger partial charge in [-0.1, -0.05) is 54.0 Å². The van der Waals surface area contributed by atoms with Crippen LogP contribution in [0.25, 0.3) is 0 Å². The van der Waals surface area contributed by atoms with Gasteiger partial charge in [-0.25, -0.2) is 19.2 Å². The van der Waals surface area contributed by atoms with Crippen LogP contribution in [-0.4, -0.2) is 101 Å². The molecule has 0 aromatic rings. The Labute approximate surface area is 267 Å². The molecule has 0 fully saturated rings. The molecule has 0 aromatic heterocycles. The van der Waals surface area contributed by atoms with Gasteiger partial charge < -0.3 is 39.4 Å². The number of aliphatic hydroxyl groups is 4. The molecule has 0 spiro atoms. The van der Waals surface area contributed by atoms with Crippen LogP contribution in [0, 0.1) is 0 Å². The van der Waals surface area contributed by atoms with E-state index in [0.717, 1.165) is 6.08 Å². The maximum atomic E-state index is 11.9. The van der Waals surface area contributed by atoms with Crippen LogP contribution in [-0.2, 0) is 38.1 Å². The molecule has 0 aliphatic heterocycles. The molecule has 0 saturated carbocycles. The Balaban J connectivity index is -0.000000258. The monoisotopic (exact) mass is 676 g/mol. The number of aliphatic hydroxyl groups excluding tert-OH is 4. The third-order valence-corrected chi connectivity index (χ3v) is 4.85. The molecule has 46 heavy (non-hydrogen) atoms. The summed E-state index contributed by atoms with van der Waals surface area (Å²) in [6.07, 6.45) is -4.55. The van der Waals surface area contributed by atoms with Crippen LogP contribution >= 0.6 is 0 Å². The second-order valence-electron chi connectivity index (χ2n) is 9.04. The highest BCUT2D eigenvalue weighted by atomic mass is 19.4. The minimum Gasteiger partial charge on any atom is -0.460 e. The topological polar surface area (TPSA) is 186 Å². The van der Waals surface area contributed by atoms with Crippen molar-refractivity contribution in [3.8, 4) is 0 Å². The summed E-state index contributed by atoms with van der Waals surface area (Å²) in [5, 5.41) is 35.6. The van der Waals surface area contributed by atoms with Gasteiger partial charge in [-0.2, -0.15) is 17.6 Å². The van der Waals surface area contributed by atoms with Gasteiger partial charge in [0.05, 0.1) is 24.4 Å². The van der Waals surface area contributed by atoms with Gasteiger partial charge >= 0.3 is 30.1 Å². The zero-order valence-corrected chi connectivity index (χ0v) is 26.9. The molecule has 0 saturated heterocycles. The lowest BCUT2D eigenvalue weighted by molar-refractivity contribution is -0.153. The third kappa shape index (κ3) is 31.8. The number of ether oxygens (including phenoxy) is 4. The molecule has 4 N–H and O–H groups in total. The maximum Gasteiger partial charge on any atom is 0.422 e. The van der Waals surface area contributed by atoms with Crippen molar-refractivity contribution >= 4 is 23.9 Å². The quantitative estimate of drug-likeness (QED) is 0.0808. The number of esters is 4. The first-order valence-electron chi connectivity index (χ1n) is 13.9. The number of halogens is 4. The number of rotatable bonds is 16. The first-order chi connectivity index (χ1) is 21.1. The third-order valence-electron chi connectivity index (χ3n) is 4.85. The standard InChI is InChI=1S/C8H11F3O3.C8H14O3.C7H11FO3.C7H12O3/c1-3-6(12)4-14-7(13)5(2)8(9,10)11;1-4-7(9)5-11-8(10)6(2)3;1-3-6(9)4-11-7(10)5(2)8;1-3-6(8)5-10-7(9)4-2/h6,12H,2-4H2,1H3;7,9H,2,4-5H2,1,3H3;6,9H,2-4H2,1H3;4,6,8H,2-3,5H2,1H3. The molecule has 0 radical (unpaired) electrons. The lowest BCUT2D eigenvalue weighted by atomic mass is 10.3. The minimum atomic E-state index is -4.78. The summed E-state index contributed by atoms with van der Waals surface area (Å²) in [5.41, 5.74) is -1.21. The summed E-state index contributed by atoms with van der Waals surface area (Å²) in [6.45, 7) is 19.9. The van der Waals surface area contributed by atoms with E-state index < -0.39 is 72.5 Å². The molecule has 12 nitrogen and oxygen atoms in total. The van der Waals surface area contributed by atoms with Crippen LogP contribution in [0.2, 0.25) is 0 Å². The van der Waals surface area contributed by atoms with E-state index in [9.17, 15) is 36.7 Å². The van der Waals surface area contributed by atoms with E-state index in [4.69, 9.17) is 20.4 Å². The Kier molecular flexibility index (Phi) is 30.9. The fourth-order valence-corrected chi connectivity index (χ4v) is 1.63. The average molecular weight is 677 g/mol.